The van der Waals surface area contributed by atoms with E-state index in [0.29, 0.717) is 61.7 Å². The third-order valence-electron chi connectivity index (χ3n) is 5.12. The summed E-state index contributed by atoms with van der Waals surface area (Å²) in [5, 5.41) is 0.420. The maximum Gasteiger partial charge on any atom is 0.282 e. The molecule has 2 heterocycles. The molecule has 1 aromatic rings. The summed E-state index contributed by atoms with van der Waals surface area (Å²) in [6.07, 6.45) is 1.06. The van der Waals surface area contributed by atoms with Gasteiger partial charge in [0.05, 0.1) is 10.6 Å². The maximum absolute atomic E-state index is 13.0. The highest BCUT2D eigenvalue weighted by atomic mass is 35.5. The smallest absolute Gasteiger partial charge is 0.282 e. The van der Waals surface area contributed by atoms with Crippen molar-refractivity contribution >= 4 is 27.7 Å². The summed E-state index contributed by atoms with van der Waals surface area (Å²) < 4.78 is 29.0. The Morgan fingerprint density at radius 3 is 2.15 bits per heavy atom. The largest absolute Gasteiger partial charge is 0.336 e. The van der Waals surface area contributed by atoms with E-state index in [4.69, 9.17) is 11.6 Å². The Morgan fingerprint density at radius 2 is 1.58 bits per heavy atom. The highest BCUT2D eigenvalue weighted by molar-refractivity contribution is 7.86. The Hall–Kier alpha value is -1.15. The SMILES string of the molecule is C[C@H]1C[C@H](C)CN(S(=O)(=O)N2CCN(C(=O)c3ccccc3Cl)CC2)C1. The fourth-order valence-electron chi connectivity index (χ4n) is 3.88. The number of rotatable bonds is 3. The van der Waals surface area contributed by atoms with E-state index in [1.165, 1.54) is 4.31 Å². The molecule has 3 rings (SSSR count). The van der Waals surface area contributed by atoms with Gasteiger partial charge in [0.25, 0.3) is 16.1 Å². The molecule has 0 unspecified atom stereocenters. The lowest BCUT2D eigenvalue weighted by atomic mass is 9.94. The van der Waals surface area contributed by atoms with Gasteiger partial charge in [-0.2, -0.15) is 17.0 Å². The number of hydrogen-bond acceptors (Lipinski definition) is 3. The van der Waals surface area contributed by atoms with E-state index >= 15 is 0 Å². The summed E-state index contributed by atoms with van der Waals surface area (Å²) >= 11 is 6.11. The van der Waals surface area contributed by atoms with E-state index in [-0.39, 0.29) is 5.91 Å². The Morgan fingerprint density at radius 1 is 1.00 bits per heavy atom. The second-order valence-corrected chi connectivity index (χ2v) is 9.78. The van der Waals surface area contributed by atoms with Gasteiger partial charge in [-0.1, -0.05) is 37.6 Å². The molecule has 6 nitrogen and oxygen atoms in total. The molecule has 0 radical (unpaired) electrons. The third kappa shape index (κ3) is 4.06. The molecule has 0 spiro atoms. The van der Waals surface area contributed by atoms with Crippen molar-refractivity contribution in [3.8, 4) is 0 Å². The fourth-order valence-corrected chi connectivity index (χ4v) is 5.94. The molecule has 144 valence electrons. The van der Waals surface area contributed by atoms with Crippen molar-refractivity contribution in [1.82, 2.24) is 13.5 Å². The highest BCUT2D eigenvalue weighted by Crippen LogP contribution is 2.25. The lowest BCUT2D eigenvalue weighted by Crippen LogP contribution is -2.56. The molecule has 0 aliphatic carbocycles. The molecule has 0 bridgehead atoms. The predicted molar refractivity (Wildman–Crippen MR) is 102 cm³/mol. The zero-order valence-electron chi connectivity index (χ0n) is 15.3. The Bertz CT molecular complexity index is 753. The van der Waals surface area contributed by atoms with Gasteiger partial charge in [0.1, 0.15) is 0 Å². The summed E-state index contributed by atoms with van der Waals surface area (Å²) in [5.41, 5.74) is 0.462. The van der Waals surface area contributed by atoms with Gasteiger partial charge in [-0.05, 0) is 30.4 Å². The molecule has 2 aliphatic heterocycles. The van der Waals surface area contributed by atoms with Crippen LogP contribution in [-0.4, -0.2) is 67.1 Å². The molecule has 0 N–H and O–H groups in total. The number of carbonyl (C=O) groups is 1. The van der Waals surface area contributed by atoms with E-state index in [1.807, 2.05) is 0 Å². The maximum atomic E-state index is 13.0. The Labute approximate surface area is 160 Å². The van der Waals surface area contributed by atoms with Gasteiger partial charge in [0.15, 0.2) is 0 Å². The summed E-state index contributed by atoms with van der Waals surface area (Å²) in [4.78, 5) is 14.3. The second-order valence-electron chi connectivity index (χ2n) is 7.44. The number of piperazine rings is 1. The van der Waals surface area contributed by atoms with Crippen LogP contribution in [0, 0.1) is 11.8 Å². The van der Waals surface area contributed by atoms with E-state index in [1.54, 1.807) is 33.5 Å². The van der Waals surface area contributed by atoms with Gasteiger partial charge >= 0.3 is 0 Å². The van der Waals surface area contributed by atoms with Crippen molar-refractivity contribution in [1.29, 1.82) is 0 Å². The van der Waals surface area contributed by atoms with Gasteiger partial charge in [-0.15, -0.1) is 0 Å². The molecule has 26 heavy (non-hydrogen) atoms. The standard InChI is InChI=1S/C18H26ClN3O3S/c1-14-11-15(2)13-22(12-14)26(24,25)21-9-7-20(8-10-21)18(23)16-5-3-4-6-17(16)19/h3-6,14-15H,7-13H2,1-2H3/t14-,15-/m0/s1. The summed E-state index contributed by atoms with van der Waals surface area (Å²) in [5.74, 6) is 0.598. The number of carbonyl (C=O) groups excluding carboxylic acids is 1. The minimum atomic E-state index is -3.47. The van der Waals surface area contributed by atoms with Crippen molar-refractivity contribution in [2.45, 2.75) is 20.3 Å². The molecule has 2 aliphatic rings. The average Bonchev–Trinajstić information content (AvgIpc) is 2.61. The number of hydrogen-bond donors (Lipinski definition) is 0. The first-order valence-corrected chi connectivity index (χ1v) is 10.9. The quantitative estimate of drug-likeness (QED) is 0.783. The molecule has 0 saturated carbocycles. The molecule has 8 heteroatoms. The monoisotopic (exact) mass is 399 g/mol. The van der Waals surface area contributed by atoms with Crippen molar-refractivity contribution in [2.24, 2.45) is 11.8 Å². The Kier molecular flexibility index (Phi) is 5.91. The van der Waals surface area contributed by atoms with Crippen LogP contribution in [-0.2, 0) is 10.2 Å². The zero-order chi connectivity index (χ0) is 18.9. The molecule has 2 atom stereocenters. The van der Waals surface area contributed by atoms with Crippen LogP contribution in [0.25, 0.3) is 0 Å². The third-order valence-corrected chi connectivity index (χ3v) is 7.42. The van der Waals surface area contributed by atoms with Crippen molar-refractivity contribution in [2.75, 3.05) is 39.3 Å². The normalized spacial score (nSPS) is 26.0. The molecule has 2 fully saturated rings. The van der Waals surface area contributed by atoms with Gasteiger partial charge in [-0.25, -0.2) is 0 Å². The van der Waals surface area contributed by atoms with Crippen LogP contribution >= 0.6 is 11.6 Å². The van der Waals surface area contributed by atoms with Crippen molar-refractivity contribution in [3.63, 3.8) is 0 Å². The lowest BCUT2D eigenvalue weighted by Gasteiger charge is -2.40. The van der Waals surface area contributed by atoms with E-state index < -0.39 is 10.2 Å². The number of amides is 1. The van der Waals surface area contributed by atoms with Gasteiger partial charge in [-0.3, -0.25) is 4.79 Å². The van der Waals surface area contributed by atoms with Crippen LogP contribution in [0.3, 0.4) is 0 Å². The lowest BCUT2D eigenvalue weighted by molar-refractivity contribution is 0.0691. The first-order valence-electron chi connectivity index (χ1n) is 9.08. The van der Waals surface area contributed by atoms with Crippen LogP contribution < -0.4 is 0 Å². The van der Waals surface area contributed by atoms with Crippen LogP contribution in [0.15, 0.2) is 24.3 Å². The van der Waals surface area contributed by atoms with Gasteiger partial charge < -0.3 is 4.90 Å². The summed E-state index contributed by atoms with van der Waals surface area (Å²) in [6, 6.07) is 6.95. The summed E-state index contributed by atoms with van der Waals surface area (Å²) in [7, 11) is -3.47. The highest BCUT2D eigenvalue weighted by Gasteiger charge is 2.37. The Balaban J connectivity index is 1.64. The minimum Gasteiger partial charge on any atom is -0.336 e. The molecule has 0 aromatic heterocycles. The molecule has 1 amide bonds. The van der Waals surface area contributed by atoms with Crippen molar-refractivity contribution < 1.29 is 13.2 Å². The summed E-state index contributed by atoms with van der Waals surface area (Å²) in [6.45, 7) is 6.73. The number of halogens is 1. The first kappa shape index (κ1) is 19.6. The van der Waals surface area contributed by atoms with Gasteiger partial charge in [0.2, 0.25) is 0 Å². The van der Waals surface area contributed by atoms with E-state index in [2.05, 4.69) is 13.8 Å². The molecule has 1 aromatic carbocycles. The van der Waals surface area contributed by atoms with Crippen molar-refractivity contribution in [3.05, 3.63) is 34.9 Å². The molecule has 2 saturated heterocycles. The number of benzene rings is 1. The molecular weight excluding hydrogens is 374 g/mol. The zero-order valence-corrected chi connectivity index (χ0v) is 16.8. The minimum absolute atomic E-state index is 0.145. The van der Waals surface area contributed by atoms with E-state index in [9.17, 15) is 13.2 Å². The van der Waals surface area contributed by atoms with Gasteiger partial charge in [0, 0.05) is 39.3 Å². The predicted octanol–water partition coefficient (Wildman–Crippen LogP) is 2.32. The average molecular weight is 400 g/mol. The van der Waals surface area contributed by atoms with Crippen LogP contribution in [0.2, 0.25) is 5.02 Å². The number of piperidine rings is 1. The van der Waals surface area contributed by atoms with Crippen LogP contribution in [0.5, 0.6) is 0 Å². The molecular formula is C18H26ClN3O3S. The first-order chi connectivity index (χ1) is 12.3. The van der Waals surface area contributed by atoms with Crippen LogP contribution in [0.1, 0.15) is 30.6 Å². The number of nitrogens with zero attached hydrogens (tertiary/aromatic N) is 3. The fraction of sp³-hybridized carbons (Fsp3) is 0.611. The van der Waals surface area contributed by atoms with E-state index in [0.717, 1.165) is 6.42 Å². The second kappa shape index (κ2) is 7.84. The van der Waals surface area contributed by atoms with Crippen LogP contribution in [0.4, 0.5) is 0 Å². The topological polar surface area (TPSA) is 60.9 Å².